The average Bonchev–Trinajstić information content (AvgIpc) is 3.25. The van der Waals surface area contributed by atoms with Crippen LogP contribution in [0.1, 0.15) is 30.3 Å². The van der Waals surface area contributed by atoms with Crippen molar-refractivity contribution in [2.45, 2.75) is 25.8 Å². The third-order valence-electron chi connectivity index (χ3n) is 3.66. The minimum absolute atomic E-state index is 0. The van der Waals surface area contributed by atoms with Crippen molar-refractivity contribution in [3.63, 3.8) is 0 Å². The molecule has 0 radical (unpaired) electrons. The molecule has 1 fully saturated rings. The average molecular weight is 394 g/mol. The monoisotopic (exact) mass is 393 g/mol. The Morgan fingerprint density at radius 1 is 1.43 bits per heavy atom. The molecule has 1 atom stereocenters. The van der Waals surface area contributed by atoms with E-state index in [0.717, 1.165) is 42.4 Å². The molecule has 128 valence electrons. The van der Waals surface area contributed by atoms with Crippen LogP contribution >= 0.6 is 47.5 Å². The Morgan fingerprint density at radius 2 is 2.26 bits per heavy atom. The summed E-state index contributed by atoms with van der Waals surface area (Å²) in [6, 6.07) is 4.36. The first kappa shape index (κ1) is 20.4. The number of halogens is 2. The molecule has 8 heteroatoms. The minimum atomic E-state index is 0. The molecule has 3 heterocycles. The minimum Gasteiger partial charge on any atom is -0.333 e. The van der Waals surface area contributed by atoms with Crippen LogP contribution in [0.5, 0.6) is 0 Å². The van der Waals surface area contributed by atoms with E-state index in [-0.39, 0.29) is 30.7 Å². The van der Waals surface area contributed by atoms with Crippen molar-refractivity contribution >= 4 is 53.4 Å². The van der Waals surface area contributed by atoms with Crippen LogP contribution < -0.4 is 5.32 Å². The van der Waals surface area contributed by atoms with Gasteiger partial charge in [0.15, 0.2) is 0 Å². The molecule has 1 saturated heterocycles. The van der Waals surface area contributed by atoms with Crippen LogP contribution in [-0.4, -0.2) is 41.5 Å². The Bertz CT molecular complexity index is 598. The van der Waals surface area contributed by atoms with Gasteiger partial charge in [0, 0.05) is 24.5 Å². The summed E-state index contributed by atoms with van der Waals surface area (Å²) >= 11 is 3.21. The van der Waals surface area contributed by atoms with E-state index in [1.807, 2.05) is 27.8 Å². The van der Waals surface area contributed by atoms with Crippen LogP contribution in [0.2, 0.25) is 0 Å². The van der Waals surface area contributed by atoms with Gasteiger partial charge < -0.3 is 10.2 Å². The Labute approximate surface area is 157 Å². The van der Waals surface area contributed by atoms with Gasteiger partial charge in [0.2, 0.25) is 0 Å². The fourth-order valence-electron chi connectivity index (χ4n) is 2.63. The van der Waals surface area contributed by atoms with Crippen molar-refractivity contribution in [3.8, 4) is 9.88 Å². The molecule has 4 nitrogen and oxygen atoms in total. The second-order valence-corrected chi connectivity index (χ2v) is 6.97. The van der Waals surface area contributed by atoms with Crippen LogP contribution in [0.15, 0.2) is 22.9 Å². The quantitative estimate of drug-likeness (QED) is 0.836. The van der Waals surface area contributed by atoms with Gasteiger partial charge in [-0.3, -0.25) is 4.79 Å². The van der Waals surface area contributed by atoms with Gasteiger partial charge in [-0.2, -0.15) is 0 Å². The molecule has 0 aromatic carbocycles. The van der Waals surface area contributed by atoms with Crippen LogP contribution in [0.25, 0.3) is 9.88 Å². The molecule has 2 aromatic heterocycles. The molecule has 2 aromatic rings. The van der Waals surface area contributed by atoms with Crippen molar-refractivity contribution in [1.29, 1.82) is 0 Å². The predicted molar refractivity (Wildman–Crippen MR) is 103 cm³/mol. The van der Waals surface area contributed by atoms with Crippen molar-refractivity contribution in [2.75, 3.05) is 19.6 Å². The van der Waals surface area contributed by atoms with E-state index in [9.17, 15) is 4.79 Å². The van der Waals surface area contributed by atoms with E-state index >= 15 is 0 Å². The molecule has 3 rings (SSSR count). The largest absolute Gasteiger partial charge is 0.333 e. The Kier molecular flexibility index (Phi) is 8.50. The molecule has 0 saturated carbocycles. The van der Waals surface area contributed by atoms with E-state index < -0.39 is 0 Å². The number of thiazole rings is 1. The van der Waals surface area contributed by atoms with Crippen molar-refractivity contribution in [1.82, 2.24) is 15.2 Å². The summed E-state index contributed by atoms with van der Waals surface area (Å²) in [5.41, 5.74) is 0.587. The molecule has 0 spiro atoms. The molecular weight excluding hydrogens is 373 g/mol. The third-order valence-corrected chi connectivity index (χ3v) is 5.54. The van der Waals surface area contributed by atoms with Gasteiger partial charge >= 0.3 is 0 Å². The second kappa shape index (κ2) is 9.59. The highest BCUT2D eigenvalue weighted by atomic mass is 35.5. The van der Waals surface area contributed by atoms with Crippen LogP contribution in [0.3, 0.4) is 0 Å². The highest BCUT2D eigenvalue weighted by Gasteiger charge is 2.28. The number of hydrogen-bond acceptors (Lipinski definition) is 5. The first-order chi connectivity index (χ1) is 10.3. The Hall–Kier alpha value is -0.660. The summed E-state index contributed by atoms with van der Waals surface area (Å²) in [4.78, 5) is 20.4. The maximum absolute atomic E-state index is 12.8. The van der Waals surface area contributed by atoms with E-state index in [1.165, 1.54) is 0 Å². The number of nitrogens with zero attached hydrogens (tertiary/aromatic N) is 2. The number of aromatic nitrogens is 1. The molecule has 1 aliphatic rings. The summed E-state index contributed by atoms with van der Waals surface area (Å²) in [6.07, 6.45) is 2.01. The summed E-state index contributed by atoms with van der Waals surface area (Å²) in [7, 11) is 0. The second-order valence-electron chi connectivity index (χ2n) is 5.16. The standard InChI is InChI=1S/C15H19N3OS2.2ClH/c1-2-7-18(11-5-6-16-9-11)15(19)12-10-21-14(17-12)13-4-3-8-20-13;;/h3-4,8,10-11,16H,2,5-7,9H2,1H3;2*1H. The predicted octanol–water partition coefficient (Wildman–Crippen LogP) is 3.93. The van der Waals surface area contributed by atoms with Gasteiger partial charge in [0.05, 0.1) is 4.88 Å². The fourth-order valence-corrected chi connectivity index (χ4v) is 4.24. The zero-order chi connectivity index (χ0) is 14.7. The molecule has 1 amide bonds. The van der Waals surface area contributed by atoms with E-state index in [0.29, 0.717) is 11.7 Å². The number of carbonyl (C=O) groups excluding carboxylic acids is 1. The SMILES string of the molecule is CCCN(C(=O)c1csc(-c2cccs2)n1)C1CCNC1.Cl.Cl. The van der Waals surface area contributed by atoms with Gasteiger partial charge in [-0.15, -0.1) is 47.5 Å². The smallest absolute Gasteiger partial charge is 0.273 e. The molecule has 1 aliphatic heterocycles. The summed E-state index contributed by atoms with van der Waals surface area (Å²) in [6.45, 7) is 4.81. The lowest BCUT2D eigenvalue weighted by Crippen LogP contribution is -2.42. The van der Waals surface area contributed by atoms with Crippen molar-refractivity contribution in [3.05, 3.63) is 28.6 Å². The Morgan fingerprint density at radius 3 is 2.87 bits per heavy atom. The fraction of sp³-hybridized carbons (Fsp3) is 0.467. The highest BCUT2D eigenvalue weighted by Crippen LogP contribution is 2.28. The van der Waals surface area contributed by atoms with Crippen LogP contribution in [0, 0.1) is 0 Å². The van der Waals surface area contributed by atoms with Gasteiger partial charge in [-0.1, -0.05) is 13.0 Å². The lowest BCUT2D eigenvalue weighted by Gasteiger charge is -2.27. The first-order valence-corrected chi connectivity index (χ1v) is 9.06. The number of carbonyl (C=O) groups is 1. The molecule has 0 aliphatic carbocycles. The van der Waals surface area contributed by atoms with E-state index in [4.69, 9.17) is 0 Å². The topological polar surface area (TPSA) is 45.2 Å². The molecule has 1 unspecified atom stereocenters. The molecule has 0 bridgehead atoms. The highest BCUT2D eigenvalue weighted by molar-refractivity contribution is 7.20. The summed E-state index contributed by atoms with van der Waals surface area (Å²) in [5, 5.41) is 8.20. The van der Waals surface area contributed by atoms with E-state index in [2.05, 4.69) is 17.2 Å². The summed E-state index contributed by atoms with van der Waals surface area (Å²) in [5.74, 6) is 0.0737. The maximum atomic E-state index is 12.8. The first-order valence-electron chi connectivity index (χ1n) is 7.30. The number of hydrogen-bond donors (Lipinski definition) is 1. The number of nitrogens with one attached hydrogen (secondary N) is 1. The zero-order valence-electron chi connectivity index (χ0n) is 12.9. The van der Waals surface area contributed by atoms with Crippen molar-refractivity contribution in [2.24, 2.45) is 0 Å². The number of amides is 1. The molecule has 1 N–H and O–H groups in total. The summed E-state index contributed by atoms with van der Waals surface area (Å²) < 4.78 is 0. The van der Waals surface area contributed by atoms with Gasteiger partial charge in [0.25, 0.3) is 5.91 Å². The number of thiophene rings is 1. The van der Waals surface area contributed by atoms with Crippen molar-refractivity contribution < 1.29 is 4.79 Å². The third kappa shape index (κ3) is 4.67. The molecular formula is C15H21Cl2N3OS2. The van der Waals surface area contributed by atoms with Gasteiger partial charge in [-0.25, -0.2) is 4.98 Å². The lowest BCUT2D eigenvalue weighted by molar-refractivity contribution is 0.0687. The lowest BCUT2D eigenvalue weighted by atomic mass is 10.2. The Balaban J connectivity index is 0.00000132. The number of rotatable bonds is 5. The van der Waals surface area contributed by atoms with Crippen LogP contribution in [-0.2, 0) is 0 Å². The normalized spacial score (nSPS) is 16.5. The van der Waals surface area contributed by atoms with Crippen LogP contribution in [0.4, 0.5) is 0 Å². The maximum Gasteiger partial charge on any atom is 0.273 e. The van der Waals surface area contributed by atoms with Gasteiger partial charge in [-0.05, 0) is 30.8 Å². The van der Waals surface area contributed by atoms with Gasteiger partial charge in [0.1, 0.15) is 10.7 Å². The molecule has 23 heavy (non-hydrogen) atoms. The van der Waals surface area contributed by atoms with E-state index in [1.54, 1.807) is 22.7 Å². The zero-order valence-corrected chi connectivity index (χ0v) is 16.1.